The van der Waals surface area contributed by atoms with Gasteiger partial charge in [0, 0.05) is 18.8 Å². The number of piperidine rings is 1. The van der Waals surface area contributed by atoms with Gasteiger partial charge in [0.2, 0.25) is 0 Å². The molecule has 9 nitrogen and oxygen atoms in total. The monoisotopic (exact) mass is 500 g/mol. The molecule has 3 aromatic heterocycles. The number of benzene rings is 1. The first-order chi connectivity index (χ1) is 17.6. The maximum Gasteiger partial charge on any atom is 0.332 e. The molecule has 1 atom stereocenters. The van der Waals surface area contributed by atoms with Crippen LogP contribution in [0.5, 0.6) is 11.5 Å². The maximum atomic E-state index is 13.4. The molecule has 10 heteroatoms. The van der Waals surface area contributed by atoms with E-state index in [1.54, 1.807) is 18.5 Å². The molecule has 0 spiro atoms. The van der Waals surface area contributed by atoms with Crippen LogP contribution in [0.3, 0.4) is 0 Å². The van der Waals surface area contributed by atoms with Crippen molar-refractivity contribution in [3.63, 3.8) is 0 Å². The lowest BCUT2D eigenvalue weighted by Crippen LogP contribution is -2.45. The molecule has 6 rings (SSSR count). The molecule has 3 N–H and O–H groups in total. The molecule has 1 fully saturated rings. The Kier molecular flexibility index (Phi) is 5.74. The molecule has 182 valence electrons. The summed E-state index contributed by atoms with van der Waals surface area (Å²) in [6.07, 6.45) is 5.19. The van der Waals surface area contributed by atoms with E-state index in [-0.39, 0.29) is 18.0 Å². The fourth-order valence-corrected chi connectivity index (χ4v) is 5.66. The number of hydrogen-bond donors (Lipinski definition) is 3. The summed E-state index contributed by atoms with van der Waals surface area (Å²) >= 11 is 1.28. The minimum atomic E-state index is -0.380. The van der Waals surface area contributed by atoms with Crippen molar-refractivity contribution in [2.75, 3.05) is 23.3 Å². The Balaban J connectivity index is 1.34. The van der Waals surface area contributed by atoms with Crippen molar-refractivity contribution in [2.24, 2.45) is 0 Å². The van der Waals surface area contributed by atoms with Crippen molar-refractivity contribution in [1.29, 1.82) is 0 Å². The van der Waals surface area contributed by atoms with Crippen molar-refractivity contribution >= 4 is 50.7 Å². The van der Waals surface area contributed by atoms with Crippen molar-refractivity contribution in [3.05, 3.63) is 65.3 Å². The Morgan fingerprint density at radius 3 is 2.83 bits per heavy atom. The summed E-state index contributed by atoms with van der Waals surface area (Å²) in [7, 11) is 0. The van der Waals surface area contributed by atoms with Crippen LogP contribution < -0.4 is 25.6 Å². The van der Waals surface area contributed by atoms with Gasteiger partial charge in [-0.2, -0.15) is 0 Å². The molecule has 4 aromatic rings. The van der Waals surface area contributed by atoms with Gasteiger partial charge in [-0.3, -0.25) is 4.79 Å². The van der Waals surface area contributed by atoms with Crippen LogP contribution in [0.2, 0.25) is 0 Å². The van der Waals surface area contributed by atoms with E-state index in [2.05, 4.69) is 25.9 Å². The molecule has 3 amide bonds. The van der Waals surface area contributed by atoms with Crippen LogP contribution in [0.4, 0.5) is 22.0 Å². The number of nitrogens with one attached hydrogen (secondary N) is 3. The van der Waals surface area contributed by atoms with Crippen molar-refractivity contribution in [2.45, 2.75) is 25.8 Å². The number of aryl methyl sites for hydroxylation is 1. The highest BCUT2D eigenvalue weighted by molar-refractivity contribution is 7.21. The van der Waals surface area contributed by atoms with E-state index in [9.17, 15) is 9.59 Å². The lowest BCUT2D eigenvalue weighted by molar-refractivity contribution is 0.0935. The number of thiophene rings is 1. The summed E-state index contributed by atoms with van der Waals surface area (Å²) in [5.41, 5.74) is 1.91. The summed E-state index contributed by atoms with van der Waals surface area (Å²) < 4.78 is 5.90. The number of hydrogen-bond acceptors (Lipinski definition) is 7. The van der Waals surface area contributed by atoms with Crippen LogP contribution in [-0.4, -0.2) is 41.0 Å². The van der Waals surface area contributed by atoms with Gasteiger partial charge in [-0.15, -0.1) is 11.3 Å². The predicted molar refractivity (Wildman–Crippen MR) is 140 cm³/mol. The summed E-state index contributed by atoms with van der Waals surface area (Å²) in [4.78, 5) is 38.2. The zero-order valence-corrected chi connectivity index (χ0v) is 20.4. The van der Waals surface area contributed by atoms with E-state index >= 15 is 0 Å². The van der Waals surface area contributed by atoms with Gasteiger partial charge in [-0.05, 0) is 56.1 Å². The number of carbonyl (C=O) groups excluding carboxylic acids is 2. The van der Waals surface area contributed by atoms with E-state index in [0.29, 0.717) is 38.4 Å². The van der Waals surface area contributed by atoms with Gasteiger partial charge in [0.05, 0.1) is 23.0 Å². The molecule has 1 saturated heterocycles. The average molecular weight is 501 g/mol. The Bertz CT molecular complexity index is 1470. The zero-order valence-electron chi connectivity index (χ0n) is 19.6. The third kappa shape index (κ3) is 4.04. The minimum Gasteiger partial charge on any atom is -0.456 e. The molecule has 2 aliphatic heterocycles. The number of rotatable bonds is 5. The van der Waals surface area contributed by atoms with Gasteiger partial charge < -0.3 is 20.7 Å². The highest BCUT2D eigenvalue weighted by Gasteiger charge is 2.34. The van der Waals surface area contributed by atoms with E-state index in [1.807, 2.05) is 43.3 Å². The Labute approximate surface area is 211 Å². The molecule has 2 aliphatic rings. The molecule has 36 heavy (non-hydrogen) atoms. The van der Waals surface area contributed by atoms with Crippen LogP contribution in [0.25, 0.3) is 10.2 Å². The van der Waals surface area contributed by atoms with E-state index in [4.69, 9.17) is 4.74 Å². The molecule has 0 saturated carbocycles. The number of anilines is 3. The van der Waals surface area contributed by atoms with Crippen LogP contribution in [0, 0.1) is 6.92 Å². The number of nitrogens with zero attached hydrogens (tertiary/aromatic N) is 3. The summed E-state index contributed by atoms with van der Waals surface area (Å²) in [6, 6.07) is 12.8. The second kappa shape index (κ2) is 9.21. The molecular weight excluding hydrogens is 476 g/mol. The summed E-state index contributed by atoms with van der Waals surface area (Å²) in [5, 5.41) is 10.1. The van der Waals surface area contributed by atoms with Gasteiger partial charge in [0.1, 0.15) is 27.0 Å². The Morgan fingerprint density at radius 1 is 1.19 bits per heavy atom. The first kappa shape index (κ1) is 22.4. The first-order valence-electron chi connectivity index (χ1n) is 11.8. The van der Waals surface area contributed by atoms with Gasteiger partial charge >= 0.3 is 6.03 Å². The number of amides is 3. The molecular formula is C26H24N6O3S. The topological polar surface area (TPSA) is 108 Å². The molecule has 0 radical (unpaired) electrons. The molecule has 5 heterocycles. The molecule has 1 unspecified atom stereocenters. The zero-order chi connectivity index (χ0) is 24.6. The standard InChI is InChI=1S/C26H24N6O3S/c1-15-12-18(35-17-7-3-2-4-8-17)14-29-23(15)32-19-9-11-28-25-20(19)21(31-26(32)34)22(36-25)24(33)30-16-6-5-10-27-13-16/h2-4,7-9,11-12,14,16,27H,5-6,10,13H2,1H3,(H,30,33)(H,31,34). The maximum absolute atomic E-state index is 13.4. The summed E-state index contributed by atoms with van der Waals surface area (Å²) in [5.74, 6) is 1.57. The third-order valence-corrected chi connectivity index (χ3v) is 7.40. The second-order valence-corrected chi connectivity index (χ2v) is 9.82. The highest BCUT2D eigenvalue weighted by Crippen LogP contribution is 2.46. The van der Waals surface area contributed by atoms with E-state index in [0.717, 1.165) is 36.9 Å². The highest BCUT2D eigenvalue weighted by atomic mass is 32.1. The van der Waals surface area contributed by atoms with Gasteiger partial charge in [-0.25, -0.2) is 19.7 Å². The van der Waals surface area contributed by atoms with Crippen molar-refractivity contribution < 1.29 is 14.3 Å². The number of para-hydroxylation sites is 1. The predicted octanol–water partition coefficient (Wildman–Crippen LogP) is 4.96. The average Bonchev–Trinajstić information content (AvgIpc) is 3.26. The number of aromatic nitrogens is 2. The van der Waals surface area contributed by atoms with Crippen LogP contribution in [-0.2, 0) is 0 Å². The number of carbonyl (C=O) groups is 2. The summed E-state index contributed by atoms with van der Waals surface area (Å²) in [6.45, 7) is 3.59. The smallest absolute Gasteiger partial charge is 0.332 e. The largest absolute Gasteiger partial charge is 0.456 e. The van der Waals surface area contributed by atoms with Crippen molar-refractivity contribution in [1.82, 2.24) is 20.6 Å². The van der Waals surface area contributed by atoms with Crippen LogP contribution in [0.15, 0.2) is 54.9 Å². The first-order valence-corrected chi connectivity index (χ1v) is 12.6. The van der Waals surface area contributed by atoms with E-state index in [1.165, 1.54) is 16.2 Å². The Morgan fingerprint density at radius 2 is 2.06 bits per heavy atom. The molecule has 0 aliphatic carbocycles. The van der Waals surface area contributed by atoms with Gasteiger partial charge in [0.25, 0.3) is 5.91 Å². The second-order valence-electron chi connectivity index (χ2n) is 8.83. The number of urea groups is 1. The van der Waals surface area contributed by atoms with E-state index < -0.39 is 0 Å². The SMILES string of the molecule is Cc1cc(Oc2ccccc2)cnc1N1C(=O)Nc2c(C(=O)NC3CCCNC3)sc3nccc1c23. The van der Waals surface area contributed by atoms with Crippen LogP contribution in [0.1, 0.15) is 28.1 Å². The van der Waals surface area contributed by atoms with Crippen LogP contribution >= 0.6 is 11.3 Å². The fourth-order valence-electron chi connectivity index (χ4n) is 4.64. The number of pyridine rings is 2. The molecule has 0 bridgehead atoms. The normalized spacial score (nSPS) is 17.1. The van der Waals surface area contributed by atoms with Crippen molar-refractivity contribution in [3.8, 4) is 11.5 Å². The third-order valence-electron chi connectivity index (χ3n) is 6.30. The minimum absolute atomic E-state index is 0.0651. The lowest BCUT2D eigenvalue weighted by Gasteiger charge is -2.29. The Hall–Kier alpha value is -4.02. The van der Waals surface area contributed by atoms with Gasteiger partial charge in [0.15, 0.2) is 0 Å². The molecule has 1 aromatic carbocycles. The lowest BCUT2D eigenvalue weighted by atomic mass is 10.1. The van der Waals surface area contributed by atoms with Gasteiger partial charge in [-0.1, -0.05) is 18.2 Å². The fraction of sp³-hybridized carbons (Fsp3) is 0.231. The number of ether oxygens (including phenoxy) is 1. The quantitative estimate of drug-likeness (QED) is 0.358.